The van der Waals surface area contributed by atoms with Gasteiger partial charge in [0.25, 0.3) is 5.91 Å². The molecule has 0 bridgehead atoms. The van der Waals surface area contributed by atoms with Crippen LogP contribution in [0, 0.1) is 11.3 Å². The molecule has 1 aliphatic heterocycles. The van der Waals surface area contributed by atoms with E-state index in [4.69, 9.17) is 10.4 Å². The van der Waals surface area contributed by atoms with Crippen molar-refractivity contribution in [1.29, 1.82) is 5.26 Å². The molecule has 21 heavy (non-hydrogen) atoms. The molecular weight excluding hydrogens is 289 g/mol. The van der Waals surface area contributed by atoms with Gasteiger partial charge in [-0.05, 0) is 6.07 Å². The van der Waals surface area contributed by atoms with Crippen molar-refractivity contribution in [2.45, 2.75) is 18.6 Å². The van der Waals surface area contributed by atoms with Gasteiger partial charge in [-0.25, -0.2) is 0 Å². The Kier molecular flexibility index (Phi) is 3.60. The van der Waals surface area contributed by atoms with Crippen LogP contribution < -0.4 is 0 Å². The third-order valence-corrected chi connectivity index (χ3v) is 3.17. The summed E-state index contributed by atoms with van der Waals surface area (Å²) in [7, 11) is 0. The number of aliphatic carboxylic acids is 1. The van der Waals surface area contributed by atoms with Gasteiger partial charge >= 0.3 is 12.1 Å². The lowest BCUT2D eigenvalue weighted by Crippen LogP contribution is -2.30. The van der Waals surface area contributed by atoms with Gasteiger partial charge in [0.1, 0.15) is 6.04 Å². The number of alkyl halides is 3. The first kappa shape index (κ1) is 14.8. The molecular formula is C13H9F3N2O3. The fraction of sp³-hybridized carbons (Fsp3) is 0.308. The summed E-state index contributed by atoms with van der Waals surface area (Å²) in [4.78, 5) is 23.5. The van der Waals surface area contributed by atoms with E-state index in [1.807, 2.05) is 0 Å². The van der Waals surface area contributed by atoms with Crippen molar-refractivity contribution in [2.24, 2.45) is 0 Å². The Bertz CT molecular complexity index is 649. The van der Waals surface area contributed by atoms with E-state index in [0.717, 1.165) is 17.0 Å². The minimum absolute atomic E-state index is 0.0392. The third kappa shape index (κ3) is 2.54. The Morgan fingerprint density at radius 3 is 2.62 bits per heavy atom. The number of halogens is 3. The van der Waals surface area contributed by atoms with E-state index >= 15 is 0 Å². The van der Waals surface area contributed by atoms with Crippen molar-refractivity contribution >= 4 is 11.9 Å². The summed E-state index contributed by atoms with van der Waals surface area (Å²) in [6.45, 7) is -0.321. The Morgan fingerprint density at radius 2 is 2.10 bits per heavy atom. The predicted octanol–water partition coefficient (Wildman–Crippen LogP) is 2.20. The average Bonchev–Trinajstić information content (AvgIpc) is 2.67. The number of amides is 1. The summed E-state index contributed by atoms with van der Waals surface area (Å²) in [6, 6.07) is 3.72. The molecule has 1 aliphatic rings. The third-order valence-electron chi connectivity index (χ3n) is 3.17. The van der Waals surface area contributed by atoms with Crippen LogP contribution in [0.25, 0.3) is 0 Å². The summed E-state index contributed by atoms with van der Waals surface area (Å²) < 4.78 is 38.8. The second kappa shape index (κ2) is 5.09. The lowest BCUT2D eigenvalue weighted by atomic mass is 10.00. The summed E-state index contributed by atoms with van der Waals surface area (Å²) in [5.74, 6) is -2.17. The van der Waals surface area contributed by atoms with Gasteiger partial charge in [0.2, 0.25) is 0 Å². The van der Waals surface area contributed by atoms with Gasteiger partial charge in [-0.1, -0.05) is 12.1 Å². The summed E-state index contributed by atoms with van der Waals surface area (Å²) >= 11 is 0. The highest BCUT2D eigenvalue weighted by Gasteiger charge is 2.44. The SMILES string of the molecule is N#CC1c2cccc(C(F)(F)F)c2C(=O)N1CCC(=O)O. The molecule has 0 fully saturated rings. The molecule has 0 aromatic heterocycles. The summed E-state index contributed by atoms with van der Waals surface area (Å²) in [6.07, 6.45) is -5.16. The largest absolute Gasteiger partial charge is 0.481 e. The highest BCUT2D eigenvalue weighted by atomic mass is 19.4. The van der Waals surface area contributed by atoms with E-state index in [-0.39, 0.29) is 12.1 Å². The van der Waals surface area contributed by atoms with E-state index in [1.165, 1.54) is 6.07 Å². The van der Waals surface area contributed by atoms with Crippen molar-refractivity contribution in [2.75, 3.05) is 6.54 Å². The quantitative estimate of drug-likeness (QED) is 0.927. The molecule has 1 aromatic rings. The van der Waals surface area contributed by atoms with E-state index < -0.39 is 41.6 Å². The van der Waals surface area contributed by atoms with Crippen LogP contribution in [0.3, 0.4) is 0 Å². The maximum Gasteiger partial charge on any atom is 0.417 e. The van der Waals surface area contributed by atoms with Crippen LogP contribution in [0.15, 0.2) is 18.2 Å². The van der Waals surface area contributed by atoms with Gasteiger partial charge in [-0.15, -0.1) is 0 Å². The van der Waals surface area contributed by atoms with Crippen LogP contribution in [0.5, 0.6) is 0 Å². The normalized spacial score (nSPS) is 17.5. The summed E-state index contributed by atoms with van der Waals surface area (Å²) in [5, 5.41) is 17.7. The molecule has 1 atom stereocenters. The first-order valence-corrected chi connectivity index (χ1v) is 5.90. The van der Waals surface area contributed by atoms with Gasteiger partial charge in [-0.2, -0.15) is 18.4 Å². The maximum absolute atomic E-state index is 12.9. The number of nitrogens with zero attached hydrogens (tertiary/aromatic N) is 2. The first-order chi connectivity index (χ1) is 9.77. The molecule has 1 unspecified atom stereocenters. The number of hydrogen-bond donors (Lipinski definition) is 1. The van der Waals surface area contributed by atoms with E-state index in [0.29, 0.717) is 0 Å². The molecule has 5 nitrogen and oxygen atoms in total. The fourth-order valence-corrected chi connectivity index (χ4v) is 2.29. The Labute approximate surface area is 117 Å². The van der Waals surface area contributed by atoms with Gasteiger partial charge in [0.15, 0.2) is 0 Å². The zero-order chi connectivity index (χ0) is 15.8. The standard InChI is InChI=1S/C13H9F3N2O3/c14-13(15,16)8-3-1-2-7-9(6-17)18(5-4-10(19)20)12(21)11(7)8/h1-3,9H,4-5H2,(H,19,20). The van der Waals surface area contributed by atoms with E-state index in [2.05, 4.69) is 0 Å². The number of carboxylic acid groups (broad SMARTS) is 1. The smallest absolute Gasteiger partial charge is 0.417 e. The van der Waals surface area contributed by atoms with Crippen molar-refractivity contribution in [1.82, 2.24) is 4.90 Å². The second-order valence-electron chi connectivity index (χ2n) is 4.44. The van der Waals surface area contributed by atoms with Crippen molar-refractivity contribution < 1.29 is 27.9 Å². The zero-order valence-electron chi connectivity index (χ0n) is 10.5. The fourth-order valence-electron chi connectivity index (χ4n) is 2.29. The molecule has 110 valence electrons. The molecule has 2 rings (SSSR count). The van der Waals surface area contributed by atoms with E-state index in [1.54, 1.807) is 6.07 Å². The monoisotopic (exact) mass is 298 g/mol. The lowest BCUT2D eigenvalue weighted by Gasteiger charge is -2.18. The number of benzene rings is 1. The molecule has 0 spiro atoms. The Balaban J connectivity index is 2.49. The molecule has 0 aliphatic carbocycles. The highest BCUT2D eigenvalue weighted by molar-refractivity contribution is 6.01. The Hall–Kier alpha value is -2.56. The molecule has 1 aromatic carbocycles. The Morgan fingerprint density at radius 1 is 1.43 bits per heavy atom. The van der Waals surface area contributed by atoms with Gasteiger partial charge in [-0.3, -0.25) is 9.59 Å². The first-order valence-electron chi connectivity index (χ1n) is 5.90. The molecule has 1 heterocycles. The van der Waals surface area contributed by atoms with Crippen molar-refractivity contribution in [3.05, 3.63) is 34.9 Å². The van der Waals surface area contributed by atoms with Crippen LogP contribution in [0.4, 0.5) is 13.2 Å². The van der Waals surface area contributed by atoms with E-state index in [9.17, 15) is 22.8 Å². The van der Waals surface area contributed by atoms with Crippen molar-refractivity contribution in [3.8, 4) is 6.07 Å². The number of nitriles is 1. The van der Waals surface area contributed by atoms with Crippen LogP contribution in [0.2, 0.25) is 0 Å². The zero-order valence-corrected chi connectivity index (χ0v) is 10.5. The average molecular weight is 298 g/mol. The van der Waals surface area contributed by atoms with Crippen LogP contribution in [-0.4, -0.2) is 28.4 Å². The molecule has 0 saturated carbocycles. The lowest BCUT2D eigenvalue weighted by molar-refractivity contribution is -0.138. The minimum Gasteiger partial charge on any atom is -0.481 e. The number of fused-ring (bicyclic) bond motifs is 1. The number of carbonyl (C=O) groups excluding carboxylic acids is 1. The van der Waals surface area contributed by atoms with Gasteiger partial charge in [0, 0.05) is 12.1 Å². The van der Waals surface area contributed by atoms with Crippen LogP contribution in [0.1, 0.15) is 33.9 Å². The van der Waals surface area contributed by atoms with Gasteiger partial charge < -0.3 is 10.0 Å². The number of hydrogen-bond acceptors (Lipinski definition) is 3. The maximum atomic E-state index is 12.9. The summed E-state index contributed by atoms with van der Waals surface area (Å²) in [5.41, 5.74) is -1.72. The molecule has 8 heteroatoms. The molecule has 1 N–H and O–H groups in total. The topological polar surface area (TPSA) is 81.4 Å². The molecule has 0 saturated heterocycles. The van der Waals surface area contributed by atoms with Crippen LogP contribution in [-0.2, 0) is 11.0 Å². The predicted molar refractivity (Wildman–Crippen MR) is 63.1 cm³/mol. The second-order valence-corrected chi connectivity index (χ2v) is 4.44. The van der Waals surface area contributed by atoms with Crippen molar-refractivity contribution in [3.63, 3.8) is 0 Å². The number of carboxylic acids is 1. The molecule has 1 amide bonds. The number of rotatable bonds is 3. The van der Waals surface area contributed by atoms with Gasteiger partial charge in [0.05, 0.1) is 23.6 Å². The molecule has 0 radical (unpaired) electrons. The number of carbonyl (C=O) groups is 2. The minimum atomic E-state index is -4.72. The highest BCUT2D eigenvalue weighted by Crippen LogP contribution is 2.41. The van der Waals surface area contributed by atoms with Crippen LogP contribution >= 0.6 is 0 Å².